The zero-order valence-corrected chi connectivity index (χ0v) is 12.0. The highest BCUT2D eigenvalue weighted by Crippen LogP contribution is 2.21. The van der Waals surface area contributed by atoms with E-state index in [4.69, 9.17) is 4.42 Å². The number of rotatable bonds is 3. The quantitative estimate of drug-likeness (QED) is 0.748. The maximum atomic E-state index is 13.5. The number of hydrogen-bond acceptors (Lipinski definition) is 3. The van der Waals surface area contributed by atoms with Gasteiger partial charge in [0, 0.05) is 6.92 Å². The number of nitrogens with one attached hydrogen (secondary N) is 1. The van der Waals surface area contributed by atoms with Gasteiger partial charge in [-0.2, -0.15) is 0 Å². The van der Waals surface area contributed by atoms with Crippen LogP contribution >= 0.6 is 0 Å². The second-order valence-corrected chi connectivity index (χ2v) is 4.98. The van der Waals surface area contributed by atoms with Crippen LogP contribution in [0.4, 0.5) is 18.9 Å². The molecule has 2 aromatic carbocycles. The summed E-state index contributed by atoms with van der Waals surface area (Å²) in [6.45, 7) is 1.71. The van der Waals surface area contributed by atoms with E-state index in [0.29, 0.717) is 22.6 Å². The van der Waals surface area contributed by atoms with Crippen LogP contribution in [0.2, 0.25) is 0 Å². The molecule has 0 aliphatic heterocycles. The molecule has 0 aliphatic carbocycles. The molecule has 23 heavy (non-hydrogen) atoms. The number of aromatic nitrogens is 1. The van der Waals surface area contributed by atoms with Crippen molar-refractivity contribution < 1.29 is 22.4 Å². The number of hydrogen-bond donors (Lipinski definition) is 1. The summed E-state index contributed by atoms with van der Waals surface area (Å²) < 4.78 is 44.8. The molecule has 0 spiro atoms. The summed E-state index contributed by atoms with van der Waals surface area (Å²) in [5.74, 6) is -4.42. The first kappa shape index (κ1) is 15.1. The third-order valence-electron chi connectivity index (χ3n) is 3.23. The highest BCUT2D eigenvalue weighted by atomic mass is 19.2. The van der Waals surface area contributed by atoms with Crippen LogP contribution < -0.4 is 5.32 Å². The van der Waals surface area contributed by atoms with Gasteiger partial charge in [-0.3, -0.25) is 4.79 Å². The van der Waals surface area contributed by atoms with E-state index >= 15 is 0 Å². The maximum Gasteiger partial charge on any atom is 0.228 e. The lowest BCUT2D eigenvalue weighted by Crippen LogP contribution is -2.16. The Morgan fingerprint density at radius 3 is 2.74 bits per heavy atom. The highest BCUT2D eigenvalue weighted by Gasteiger charge is 2.15. The first-order chi connectivity index (χ1) is 10.9. The molecular formula is C16H11F3N2O2. The Balaban J connectivity index is 1.77. The Morgan fingerprint density at radius 2 is 1.96 bits per heavy atom. The number of fused-ring (bicyclic) bond motifs is 1. The molecule has 0 bridgehead atoms. The maximum absolute atomic E-state index is 13.5. The van der Waals surface area contributed by atoms with Crippen LogP contribution in [0.25, 0.3) is 11.1 Å². The Kier molecular flexibility index (Phi) is 3.77. The van der Waals surface area contributed by atoms with Crippen LogP contribution in [0.15, 0.2) is 34.7 Å². The third-order valence-corrected chi connectivity index (χ3v) is 3.23. The van der Waals surface area contributed by atoms with Crippen molar-refractivity contribution in [2.75, 3.05) is 5.32 Å². The molecule has 0 radical (unpaired) electrons. The number of nitrogens with zero attached hydrogens (tertiary/aromatic N) is 1. The van der Waals surface area contributed by atoms with Crippen LogP contribution in [0, 0.1) is 24.4 Å². The molecule has 0 saturated heterocycles. The molecule has 0 unspecified atom stereocenters. The minimum Gasteiger partial charge on any atom is -0.441 e. The fourth-order valence-corrected chi connectivity index (χ4v) is 2.20. The number of anilines is 1. The van der Waals surface area contributed by atoms with Crippen molar-refractivity contribution in [3.05, 3.63) is 59.2 Å². The summed E-state index contributed by atoms with van der Waals surface area (Å²) in [5.41, 5.74) is 1.42. The smallest absolute Gasteiger partial charge is 0.228 e. The predicted molar refractivity (Wildman–Crippen MR) is 77.4 cm³/mol. The molecule has 0 aliphatic rings. The van der Waals surface area contributed by atoms with Crippen molar-refractivity contribution in [1.82, 2.24) is 4.98 Å². The number of benzene rings is 2. The number of oxazole rings is 1. The lowest BCUT2D eigenvalue weighted by atomic mass is 10.1. The summed E-state index contributed by atoms with van der Waals surface area (Å²) in [6.07, 6.45) is -0.0692. The minimum atomic E-state index is -1.62. The first-order valence-corrected chi connectivity index (χ1v) is 6.73. The predicted octanol–water partition coefficient (Wildman–Crippen LogP) is 3.73. The van der Waals surface area contributed by atoms with Gasteiger partial charge in [-0.05, 0) is 29.8 Å². The fourth-order valence-electron chi connectivity index (χ4n) is 2.20. The molecule has 1 heterocycles. The van der Waals surface area contributed by atoms with E-state index in [1.54, 1.807) is 25.1 Å². The van der Waals surface area contributed by atoms with Gasteiger partial charge in [-0.1, -0.05) is 6.07 Å². The van der Waals surface area contributed by atoms with Gasteiger partial charge in [0.15, 0.2) is 28.9 Å². The van der Waals surface area contributed by atoms with E-state index < -0.39 is 29.0 Å². The van der Waals surface area contributed by atoms with Crippen molar-refractivity contribution in [2.45, 2.75) is 13.3 Å². The van der Waals surface area contributed by atoms with Crippen LogP contribution in [-0.2, 0) is 11.2 Å². The van der Waals surface area contributed by atoms with Crippen molar-refractivity contribution in [2.24, 2.45) is 0 Å². The monoisotopic (exact) mass is 320 g/mol. The lowest BCUT2D eigenvalue weighted by molar-refractivity contribution is -0.115. The van der Waals surface area contributed by atoms with E-state index in [1.807, 2.05) is 0 Å². The van der Waals surface area contributed by atoms with E-state index in [0.717, 1.165) is 12.1 Å². The Hall–Kier alpha value is -2.83. The Labute approximate surface area is 128 Å². The SMILES string of the molecule is Cc1nc2cc(CC(=O)Nc3ccc(F)c(F)c3F)ccc2o1. The molecular weight excluding hydrogens is 309 g/mol. The molecule has 1 aromatic heterocycles. The third kappa shape index (κ3) is 3.03. The average Bonchev–Trinajstić information content (AvgIpc) is 2.87. The van der Waals surface area contributed by atoms with E-state index in [9.17, 15) is 18.0 Å². The highest BCUT2D eigenvalue weighted by molar-refractivity contribution is 5.92. The van der Waals surface area contributed by atoms with Gasteiger partial charge >= 0.3 is 0 Å². The van der Waals surface area contributed by atoms with Crippen molar-refractivity contribution in [3.8, 4) is 0 Å². The summed E-state index contributed by atoms with van der Waals surface area (Å²) >= 11 is 0. The Bertz CT molecular complexity index is 906. The van der Waals surface area contributed by atoms with Gasteiger partial charge in [0.1, 0.15) is 5.52 Å². The van der Waals surface area contributed by atoms with Gasteiger partial charge in [-0.25, -0.2) is 18.2 Å². The normalized spacial score (nSPS) is 11.0. The van der Waals surface area contributed by atoms with E-state index in [2.05, 4.69) is 10.3 Å². The first-order valence-electron chi connectivity index (χ1n) is 6.73. The summed E-state index contributed by atoms with van der Waals surface area (Å²) in [4.78, 5) is 16.1. The average molecular weight is 320 g/mol. The van der Waals surface area contributed by atoms with Gasteiger partial charge in [-0.15, -0.1) is 0 Å². The fraction of sp³-hybridized carbons (Fsp3) is 0.125. The standard InChI is InChI=1S/C16H11F3N2O2/c1-8-20-12-6-9(2-5-13(12)23-8)7-14(22)21-11-4-3-10(17)15(18)16(11)19/h2-6H,7H2,1H3,(H,21,22). The van der Waals surface area contributed by atoms with Crippen molar-refractivity contribution >= 4 is 22.7 Å². The molecule has 1 amide bonds. The summed E-state index contributed by atoms with van der Waals surface area (Å²) in [5, 5.41) is 2.22. The Morgan fingerprint density at radius 1 is 1.17 bits per heavy atom. The van der Waals surface area contributed by atoms with Gasteiger partial charge in [0.2, 0.25) is 5.91 Å². The topological polar surface area (TPSA) is 55.1 Å². The van der Waals surface area contributed by atoms with Gasteiger partial charge in [0.25, 0.3) is 0 Å². The molecule has 0 fully saturated rings. The molecule has 3 rings (SSSR count). The lowest BCUT2D eigenvalue weighted by Gasteiger charge is -2.07. The minimum absolute atomic E-state index is 0.0692. The number of carbonyl (C=O) groups excluding carboxylic acids is 1. The van der Waals surface area contributed by atoms with Gasteiger partial charge < -0.3 is 9.73 Å². The van der Waals surface area contributed by atoms with Crippen LogP contribution in [0.5, 0.6) is 0 Å². The van der Waals surface area contributed by atoms with Crippen LogP contribution in [-0.4, -0.2) is 10.9 Å². The summed E-state index contributed by atoms with van der Waals surface area (Å²) in [7, 11) is 0. The van der Waals surface area contributed by atoms with Gasteiger partial charge in [0.05, 0.1) is 12.1 Å². The molecule has 4 nitrogen and oxygen atoms in total. The molecule has 1 N–H and O–H groups in total. The number of halogens is 3. The second kappa shape index (κ2) is 5.75. The molecule has 0 saturated carbocycles. The molecule has 7 heteroatoms. The molecule has 3 aromatic rings. The zero-order chi connectivity index (χ0) is 16.6. The van der Waals surface area contributed by atoms with E-state index in [1.165, 1.54) is 0 Å². The molecule has 0 atom stereocenters. The molecule has 118 valence electrons. The van der Waals surface area contributed by atoms with Crippen LogP contribution in [0.1, 0.15) is 11.5 Å². The number of amides is 1. The largest absolute Gasteiger partial charge is 0.441 e. The second-order valence-electron chi connectivity index (χ2n) is 4.98. The zero-order valence-electron chi connectivity index (χ0n) is 12.0. The summed E-state index contributed by atoms with van der Waals surface area (Å²) in [6, 6.07) is 6.74. The van der Waals surface area contributed by atoms with Crippen LogP contribution in [0.3, 0.4) is 0 Å². The number of aryl methyl sites for hydroxylation is 1. The van der Waals surface area contributed by atoms with E-state index in [-0.39, 0.29) is 6.42 Å². The van der Waals surface area contributed by atoms with Crippen molar-refractivity contribution in [1.29, 1.82) is 0 Å². The van der Waals surface area contributed by atoms with Crippen molar-refractivity contribution in [3.63, 3.8) is 0 Å². The number of carbonyl (C=O) groups is 1.